The van der Waals surface area contributed by atoms with E-state index in [1.807, 2.05) is 91.1 Å². The Hall–Kier alpha value is -9.31. The first-order valence-corrected chi connectivity index (χ1v) is 23.1. The largest absolute Gasteiger partial charge is 0.458 e. The molecule has 3 aromatic heterocycles. The summed E-state index contributed by atoms with van der Waals surface area (Å²) in [6.45, 7) is 6.53. The molecule has 0 aliphatic carbocycles. The summed E-state index contributed by atoms with van der Waals surface area (Å²) in [7, 11) is 0. The average Bonchev–Trinajstić information content (AvgIpc) is 4.29. The van der Waals surface area contributed by atoms with E-state index in [-0.39, 0.29) is 33.4 Å². The molecule has 338 valence electrons. The highest BCUT2D eigenvalue weighted by Crippen LogP contribution is 2.39. The maximum Gasteiger partial charge on any atom is 0.269 e. The van der Waals surface area contributed by atoms with E-state index < -0.39 is 60.4 Å². The van der Waals surface area contributed by atoms with Gasteiger partial charge in [0, 0.05) is 23.0 Å². The molecular formula is C65H47N5O. The molecule has 0 unspecified atom stereocenters. The summed E-state index contributed by atoms with van der Waals surface area (Å²) in [4.78, 5) is 4.91. The van der Waals surface area contributed by atoms with Crippen molar-refractivity contribution in [2.24, 2.45) is 0 Å². The number of nitriles is 1. The first kappa shape index (κ1) is 33.2. The Morgan fingerprint density at radius 3 is 1.96 bits per heavy atom. The molecule has 9 aromatic carbocycles. The molecule has 3 heterocycles. The third-order valence-corrected chi connectivity index (χ3v) is 12.8. The fourth-order valence-corrected chi connectivity index (χ4v) is 9.32. The molecule has 6 nitrogen and oxygen atoms in total. The highest BCUT2D eigenvalue weighted by Gasteiger charge is 2.22. The normalized spacial score (nSPS) is 13.5. The van der Waals surface area contributed by atoms with Gasteiger partial charge in [-0.2, -0.15) is 5.26 Å². The first-order valence-electron chi connectivity index (χ1n) is 28.1. The standard InChI is InChI=1S/C65H47N5O/c1-65(2,3)51-34-35-67-63(39-51)70-59-32-28-49(45-17-7-4-8-18-45)37-58(59)57-31-30-54(41-61(57)70)71-53-25-14-24-52(40-53)68-43-69(62-38-50(29-33-60(62)68)48-23-13-16-44(36-48)42-66)64-55(46-19-9-5-10-20-46)26-15-27-56(64)47-21-11-6-12-22-47/h4-41H,1-3H3/i5D,6D,9D,10D,11D,12D,19D,20D,21D,22D. The predicted molar refractivity (Wildman–Crippen MR) is 287 cm³/mol. The molecule has 6 heteroatoms. The number of ether oxygens (including phenoxy) is 1. The number of para-hydroxylation sites is 1. The lowest BCUT2D eigenvalue weighted by atomic mass is 9.88. The topological polar surface area (TPSA) is 59.6 Å². The molecule has 71 heavy (non-hydrogen) atoms. The second-order valence-electron chi connectivity index (χ2n) is 18.2. The van der Waals surface area contributed by atoms with E-state index in [4.69, 9.17) is 17.9 Å². The number of pyridine rings is 1. The monoisotopic (exact) mass is 923 g/mol. The van der Waals surface area contributed by atoms with Gasteiger partial charge in [0.2, 0.25) is 0 Å². The van der Waals surface area contributed by atoms with Crippen LogP contribution in [0.25, 0.3) is 94.5 Å². The summed E-state index contributed by atoms with van der Waals surface area (Å²) in [6.07, 6.45) is 5.35. The Balaban J connectivity index is 1.07. The van der Waals surface area contributed by atoms with E-state index in [0.29, 0.717) is 44.9 Å². The van der Waals surface area contributed by atoms with Crippen LogP contribution in [0.4, 0.5) is 0 Å². The fraction of sp³-hybridized carbons (Fsp3) is 0.0615. The molecule has 0 fully saturated rings. The van der Waals surface area contributed by atoms with Crippen molar-refractivity contribution >= 4 is 32.8 Å². The number of hydrogen-bond donors (Lipinski definition) is 0. The van der Waals surface area contributed by atoms with Gasteiger partial charge >= 0.3 is 0 Å². The van der Waals surface area contributed by atoms with E-state index in [1.165, 1.54) is 0 Å². The van der Waals surface area contributed by atoms with Crippen LogP contribution in [0.1, 0.15) is 45.6 Å². The smallest absolute Gasteiger partial charge is 0.269 e. The van der Waals surface area contributed by atoms with Crippen LogP contribution in [0.5, 0.6) is 11.5 Å². The number of benzene rings is 9. The molecule has 0 saturated heterocycles. The Kier molecular flexibility index (Phi) is 8.26. The van der Waals surface area contributed by atoms with Gasteiger partial charge in [0.1, 0.15) is 17.3 Å². The minimum atomic E-state index is -0.595. The van der Waals surface area contributed by atoms with Crippen LogP contribution in [0, 0.1) is 17.7 Å². The van der Waals surface area contributed by atoms with Gasteiger partial charge in [-0.3, -0.25) is 13.7 Å². The quantitative estimate of drug-likeness (QED) is 0.107. The number of fused-ring (bicyclic) bond motifs is 4. The second kappa shape index (κ2) is 17.6. The lowest BCUT2D eigenvalue weighted by molar-refractivity contribution is -0.571. The van der Waals surface area contributed by atoms with Crippen molar-refractivity contribution in [1.29, 1.82) is 5.26 Å². The first-order chi connectivity index (χ1) is 38.9. The minimum absolute atomic E-state index is 0.106. The zero-order chi connectivity index (χ0) is 56.8. The molecule has 0 atom stereocenters. The molecule has 0 saturated carbocycles. The maximum atomic E-state index is 9.90. The van der Waals surface area contributed by atoms with Crippen LogP contribution in [-0.2, 0) is 5.41 Å². The van der Waals surface area contributed by atoms with E-state index in [0.717, 1.165) is 44.3 Å². The third kappa shape index (κ3) is 8.00. The van der Waals surface area contributed by atoms with Crippen molar-refractivity contribution in [3.8, 4) is 79.3 Å². The second-order valence-corrected chi connectivity index (χ2v) is 18.2. The molecule has 12 rings (SSSR count). The Morgan fingerprint density at radius 2 is 1.23 bits per heavy atom. The van der Waals surface area contributed by atoms with Crippen LogP contribution in [-0.4, -0.2) is 14.1 Å². The van der Waals surface area contributed by atoms with Crippen molar-refractivity contribution in [3.63, 3.8) is 0 Å². The SMILES string of the molecule is [2H]c1c([2H])c([2H])c(-c2cccc(-c3c([2H])c([2H])c([2H])c([2H])c3[2H])c2-[n+]2[c-]n(-c3cccc(Oc4ccc5c6cc(-c7ccccc7)ccc6n(-c6cc(C(C)(C)C)ccn6)c5c4)c3)c3ccc(-c4cccc(C#N)c4)cc32)c([2H])c1[2H]. The fourth-order valence-electron chi connectivity index (χ4n) is 9.32. The van der Waals surface area contributed by atoms with Gasteiger partial charge in [-0.15, -0.1) is 0 Å². The van der Waals surface area contributed by atoms with Gasteiger partial charge in [-0.1, -0.05) is 166 Å². The average molecular weight is 924 g/mol. The summed E-state index contributed by atoms with van der Waals surface area (Å²) >= 11 is 0. The van der Waals surface area contributed by atoms with E-state index in [2.05, 4.69) is 80.2 Å². The summed E-state index contributed by atoms with van der Waals surface area (Å²) in [5.74, 6) is 1.79. The lowest BCUT2D eigenvalue weighted by Gasteiger charge is -2.20. The van der Waals surface area contributed by atoms with Gasteiger partial charge in [0.15, 0.2) is 0 Å². The summed E-state index contributed by atoms with van der Waals surface area (Å²) in [6, 6.07) is 48.5. The third-order valence-electron chi connectivity index (χ3n) is 12.8. The van der Waals surface area contributed by atoms with E-state index in [9.17, 15) is 10.7 Å². The van der Waals surface area contributed by atoms with Gasteiger partial charge in [-0.05, 0) is 128 Å². The summed E-state index contributed by atoms with van der Waals surface area (Å²) in [5.41, 5.74) is 8.47. The highest BCUT2D eigenvalue weighted by molar-refractivity contribution is 6.10. The number of hydrogen-bond acceptors (Lipinski definition) is 3. The van der Waals surface area contributed by atoms with E-state index >= 15 is 0 Å². The van der Waals surface area contributed by atoms with Crippen molar-refractivity contribution in [1.82, 2.24) is 14.1 Å². The van der Waals surface area contributed by atoms with Crippen LogP contribution in [0.2, 0.25) is 0 Å². The van der Waals surface area contributed by atoms with Crippen molar-refractivity contribution < 1.29 is 23.0 Å². The Morgan fingerprint density at radius 1 is 0.563 bits per heavy atom. The zero-order valence-electron chi connectivity index (χ0n) is 48.8. The summed E-state index contributed by atoms with van der Waals surface area (Å²) < 4.78 is 101. The molecule has 0 amide bonds. The van der Waals surface area contributed by atoms with Crippen molar-refractivity contribution in [2.75, 3.05) is 0 Å². The Labute approximate surface area is 427 Å². The van der Waals surface area contributed by atoms with Gasteiger partial charge < -0.3 is 4.74 Å². The summed E-state index contributed by atoms with van der Waals surface area (Å²) in [5, 5.41) is 12.0. The van der Waals surface area contributed by atoms with Crippen LogP contribution >= 0.6 is 0 Å². The Bertz CT molecular complexity index is 4490. The zero-order valence-corrected chi connectivity index (χ0v) is 38.8. The molecule has 0 N–H and O–H groups in total. The molecule has 0 aliphatic heterocycles. The molecule has 0 aliphatic rings. The molecule has 0 bridgehead atoms. The van der Waals surface area contributed by atoms with E-state index in [1.54, 1.807) is 45.5 Å². The van der Waals surface area contributed by atoms with Crippen LogP contribution in [0.15, 0.2) is 230 Å². The van der Waals surface area contributed by atoms with Crippen LogP contribution < -0.4 is 9.30 Å². The van der Waals surface area contributed by atoms with Crippen LogP contribution in [0.3, 0.4) is 0 Å². The highest BCUT2D eigenvalue weighted by atomic mass is 16.5. The number of imidazole rings is 1. The number of nitrogens with zero attached hydrogens (tertiary/aromatic N) is 5. The van der Waals surface area contributed by atoms with Crippen molar-refractivity contribution in [3.05, 3.63) is 248 Å². The number of rotatable bonds is 9. The molecule has 0 spiro atoms. The molecule has 0 radical (unpaired) electrons. The predicted octanol–water partition coefficient (Wildman–Crippen LogP) is 15.8. The van der Waals surface area contributed by atoms with Gasteiger partial charge in [0.25, 0.3) is 6.33 Å². The molecule has 12 aromatic rings. The lowest BCUT2D eigenvalue weighted by Crippen LogP contribution is -2.31. The van der Waals surface area contributed by atoms with Gasteiger partial charge in [0.05, 0.1) is 58.8 Å². The number of aromatic nitrogens is 4. The maximum absolute atomic E-state index is 9.90. The minimum Gasteiger partial charge on any atom is -0.458 e. The van der Waals surface area contributed by atoms with Crippen molar-refractivity contribution in [2.45, 2.75) is 26.2 Å². The molecular weight excluding hydrogens is 867 g/mol. The van der Waals surface area contributed by atoms with Gasteiger partial charge in [-0.25, -0.2) is 4.98 Å².